The van der Waals surface area contributed by atoms with Gasteiger partial charge in [0, 0.05) is 24.7 Å². The molecule has 7 nitrogen and oxygen atoms in total. The minimum atomic E-state index is -3.98. The van der Waals surface area contributed by atoms with E-state index in [1.165, 1.54) is 42.6 Å². The highest BCUT2D eigenvalue weighted by molar-refractivity contribution is 7.89. The highest BCUT2D eigenvalue weighted by atomic mass is 32.2. The molecule has 0 N–H and O–H groups in total. The summed E-state index contributed by atoms with van der Waals surface area (Å²) in [7, 11) is -2.81. The molecule has 0 aromatic heterocycles. The monoisotopic (exact) mass is 467 g/mol. The second-order valence-electron chi connectivity index (χ2n) is 7.41. The summed E-state index contributed by atoms with van der Waals surface area (Å²) in [6.45, 7) is 1.59. The minimum Gasteiger partial charge on any atom is -0.465 e. The van der Waals surface area contributed by atoms with Gasteiger partial charge < -0.3 is 9.47 Å². The third-order valence-electron chi connectivity index (χ3n) is 5.39. The molecule has 1 unspecified atom stereocenters. The van der Waals surface area contributed by atoms with Crippen molar-refractivity contribution in [3.05, 3.63) is 65.2 Å². The first-order valence-corrected chi connectivity index (χ1v) is 11.4. The number of carbonyl (C=O) groups excluding carboxylic acids is 2. The Morgan fingerprint density at radius 2 is 1.75 bits per heavy atom. The number of piperidine rings is 1. The first kappa shape index (κ1) is 23.8. The predicted octanol–water partition coefficient (Wildman–Crippen LogP) is 3.46. The second kappa shape index (κ2) is 9.74. The van der Waals surface area contributed by atoms with Crippen molar-refractivity contribution in [3.63, 3.8) is 0 Å². The van der Waals surface area contributed by atoms with Crippen molar-refractivity contribution in [1.29, 1.82) is 0 Å². The highest BCUT2D eigenvalue weighted by Crippen LogP contribution is 2.29. The number of rotatable bonds is 6. The van der Waals surface area contributed by atoms with E-state index in [1.807, 2.05) is 0 Å². The third kappa shape index (κ3) is 4.97. The maximum absolute atomic E-state index is 13.9. The molecule has 0 spiro atoms. The van der Waals surface area contributed by atoms with Gasteiger partial charge in [0.2, 0.25) is 10.0 Å². The van der Waals surface area contributed by atoms with E-state index in [1.54, 1.807) is 6.07 Å². The van der Waals surface area contributed by atoms with E-state index in [4.69, 9.17) is 4.74 Å². The normalized spacial score (nSPS) is 16.4. The maximum Gasteiger partial charge on any atom is 0.339 e. The standard InChI is InChI=1S/C22H23F2NO6S/c1-14(17-8-7-16(23)13-19(17)24)31-21(26)15-9-11-25(12-10-15)32(28,29)20-6-4-3-5-18(20)22(27)30-2/h3-8,13-15H,9-12H2,1-2H3. The van der Waals surface area contributed by atoms with Crippen molar-refractivity contribution in [3.8, 4) is 0 Å². The van der Waals surface area contributed by atoms with Crippen LogP contribution in [0.3, 0.4) is 0 Å². The molecular weight excluding hydrogens is 444 g/mol. The number of benzene rings is 2. The maximum atomic E-state index is 13.9. The molecule has 3 rings (SSSR count). The fourth-order valence-corrected chi connectivity index (χ4v) is 5.26. The van der Waals surface area contributed by atoms with E-state index in [9.17, 15) is 26.8 Å². The van der Waals surface area contributed by atoms with E-state index < -0.39 is 45.6 Å². The fraction of sp³-hybridized carbons (Fsp3) is 0.364. The zero-order valence-corrected chi connectivity index (χ0v) is 18.4. The molecule has 0 aliphatic carbocycles. The van der Waals surface area contributed by atoms with Crippen molar-refractivity contribution >= 4 is 22.0 Å². The van der Waals surface area contributed by atoms with Crippen molar-refractivity contribution in [2.45, 2.75) is 30.8 Å². The van der Waals surface area contributed by atoms with Crippen molar-refractivity contribution in [2.24, 2.45) is 5.92 Å². The zero-order chi connectivity index (χ0) is 23.5. The van der Waals surface area contributed by atoms with Gasteiger partial charge in [0.05, 0.1) is 23.5 Å². The molecule has 10 heteroatoms. The second-order valence-corrected chi connectivity index (χ2v) is 9.32. The molecule has 1 fully saturated rings. The quantitative estimate of drug-likeness (QED) is 0.605. The Balaban J connectivity index is 1.66. The largest absolute Gasteiger partial charge is 0.465 e. The van der Waals surface area contributed by atoms with Gasteiger partial charge >= 0.3 is 11.9 Å². The summed E-state index contributed by atoms with van der Waals surface area (Å²) < 4.78 is 64.3. The Kier molecular flexibility index (Phi) is 7.25. The Morgan fingerprint density at radius 3 is 2.38 bits per heavy atom. The summed E-state index contributed by atoms with van der Waals surface area (Å²) in [4.78, 5) is 24.3. The molecule has 0 radical (unpaired) electrons. The van der Waals surface area contributed by atoms with Gasteiger partial charge in [0.25, 0.3) is 0 Å². The Bertz CT molecular complexity index is 1110. The van der Waals surface area contributed by atoms with E-state index in [2.05, 4.69) is 4.74 Å². The molecule has 32 heavy (non-hydrogen) atoms. The lowest BCUT2D eigenvalue weighted by atomic mass is 9.98. The van der Waals surface area contributed by atoms with Crippen LogP contribution in [0.2, 0.25) is 0 Å². The summed E-state index contributed by atoms with van der Waals surface area (Å²) >= 11 is 0. The van der Waals surface area contributed by atoms with Crippen LogP contribution in [-0.2, 0) is 24.3 Å². The van der Waals surface area contributed by atoms with E-state index in [0.717, 1.165) is 12.1 Å². The average molecular weight is 467 g/mol. The molecule has 172 valence electrons. The molecule has 0 bridgehead atoms. The molecule has 1 heterocycles. The van der Waals surface area contributed by atoms with Gasteiger partial charge in [-0.1, -0.05) is 12.1 Å². The van der Waals surface area contributed by atoms with Crippen LogP contribution in [0.4, 0.5) is 8.78 Å². The van der Waals surface area contributed by atoms with E-state index in [-0.39, 0.29) is 42.0 Å². The SMILES string of the molecule is COC(=O)c1ccccc1S(=O)(=O)N1CCC(C(=O)OC(C)c2ccc(F)cc2F)CC1. The van der Waals surface area contributed by atoms with Crippen molar-refractivity contribution in [1.82, 2.24) is 4.31 Å². The van der Waals surface area contributed by atoms with Crippen molar-refractivity contribution < 1.29 is 36.3 Å². The van der Waals surface area contributed by atoms with Crippen LogP contribution in [0.1, 0.15) is 41.8 Å². The summed E-state index contributed by atoms with van der Waals surface area (Å²) in [5, 5.41) is 0. The summed E-state index contributed by atoms with van der Waals surface area (Å²) in [5.41, 5.74) is -0.00846. The van der Waals surface area contributed by atoms with Gasteiger partial charge in [-0.25, -0.2) is 22.0 Å². The number of methoxy groups -OCH3 is 1. The predicted molar refractivity (Wildman–Crippen MR) is 110 cm³/mol. The number of carbonyl (C=O) groups is 2. The van der Waals surface area contributed by atoms with Crippen LogP contribution in [0, 0.1) is 17.6 Å². The number of esters is 2. The zero-order valence-electron chi connectivity index (χ0n) is 17.6. The molecule has 1 saturated heterocycles. The van der Waals surface area contributed by atoms with Crippen molar-refractivity contribution in [2.75, 3.05) is 20.2 Å². The number of nitrogens with zero attached hydrogens (tertiary/aromatic N) is 1. The van der Waals surface area contributed by atoms with Crippen LogP contribution in [-0.4, -0.2) is 44.9 Å². The third-order valence-corrected chi connectivity index (χ3v) is 7.35. The molecule has 1 aliphatic rings. The van der Waals surface area contributed by atoms with Gasteiger partial charge in [-0.05, 0) is 44.0 Å². The lowest BCUT2D eigenvalue weighted by Crippen LogP contribution is -2.41. The van der Waals surface area contributed by atoms with Crippen LogP contribution >= 0.6 is 0 Å². The number of sulfonamides is 1. The molecule has 0 amide bonds. The van der Waals surface area contributed by atoms with Gasteiger partial charge in [0.1, 0.15) is 17.7 Å². The van der Waals surface area contributed by atoms with E-state index in [0.29, 0.717) is 0 Å². The number of hydrogen-bond donors (Lipinski definition) is 0. The van der Waals surface area contributed by atoms with Gasteiger partial charge in [-0.2, -0.15) is 4.31 Å². The van der Waals surface area contributed by atoms with Gasteiger partial charge in [0.15, 0.2) is 0 Å². The minimum absolute atomic E-state index is 0.0525. The highest BCUT2D eigenvalue weighted by Gasteiger charge is 2.35. The molecular formula is C22H23F2NO6S. The lowest BCUT2D eigenvalue weighted by Gasteiger charge is -2.31. The molecule has 1 atom stereocenters. The lowest BCUT2D eigenvalue weighted by molar-refractivity contribution is -0.155. The topological polar surface area (TPSA) is 90.0 Å². The first-order valence-electron chi connectivity index (χ1n) is 9.98. The molecule has 1 aliphatic heterocycles. The average Bonchev–Trinajstić information content (AvgIpc) is 2.78. The first-order chi connectivity index (χ1) is 15.1. The summed E-state index contributed by atoms with van der Waals surface area (Å²) in [6.07, 6.45) is -0.509. The number of hydrogen-bond acceptors (Lipinski definition) is 6. The van der Waals surface area contributed by atoms with Crippen LogP contribution in [0.25, 0.3) is 0 Å². The fourth-order valence-electron chi connectivity index (χ4n) is 3.61. The van der Waals surface area contributed by atoms with Gasteiger partial charge in [-0.15, -0.1) is 0 Å². The molecule has 0 saturated carbocycles. The van der Waals surface area contributed by atoms with Gasteiger partial charge in [-0.3, -0.25) is 4.79 Å². The number of halogens is 2. The Hall–Kier alpha value is -2.85. The van der Waals surface area contributed by atoms with Crippen LogP contribution in [0.15, 0.2) is 47.4 Å². The van der Waals surface area contributed by atoms with Crippen LogP contribution in [0.5, 0.6) is 0 Å². The Labute approximate surface area is 185 Å². The molecule has 2 aromatic rings. The van der Waals surface area contributed by atoms with E-state index >= 15 is 0 Å². The molecule has 2 aromatic carbocycles. The summed E-state index contributed by atoms with van der Waals surface area (Å²) in [5.74, 6) is -3.44. The summed E-state index contributed by atoms with van der Waals surface area (Å²) in [6, 6.07) is 8.78. The number of ether oxygens (including phenoxy) is 2. The smallest absolute Gasteiger partial charge is 0.339 e. The Morgan fingerprint density at radius 1 is 1.09 bits per heavy atom. The van der Waals surface area contributed by atoms with Crippen LogP contribution < -0.4 is 0 Å².